The highest BCUT2D eigenvalue weighted by atomic mass is 15.3. The lowest BCUT2D eigenvalue weighted by Gasteiger charge is -2.28. The van der Waals surface area contributed by atoms with Gasteiger partial charge in [0.2, 0.25) is 0 Å². The van der Waals surface area contributed by atoms with Gasteiger partial charge in [0.05, 0.1) is 12.2 Å². The van der Waals surface area contributed by atoms with Crippen molar-refractivity contribution in [1.82, 2.24) is 19.7 Å². The van der Waals surface area contributed by atoms with Gasteiger partial charge in [-0.2, -0.15) is 5.10 Å². The predicted molar refractivity (Wildman–Crippen MR) is 75.6 cm³/mol. The Morgan fingerprint density at radius 1 is 1.26 bits per heavy atom. The van der Waals surface area contributed by atoms with Crippen LogP contribution in [0.5, 0.6) is 0 Å². The molecule has 2 aromatic heterocycles. The number of rotatable bonds is 2. The zero-order valence-corrected chi connectivity index (χ0v) is 10.7. The van der Waals surface area contributed by atoms with Gasteiger partial charge in [0.25, 0.3) is 0 Å². The average Bonchev–Trinajstić information content (AvgIpc) is 2.97. The molecule has 0 aromatic carbocycles. The number of hydrogen-bond acceptors (Lipinski definition) is 4. The lowest BCUT2D eigenvalue weighted by atomic mass is 10.1. The van der Waals surface area contributed by atoms with Gasteiger partial charge in [0.1, 0.15) is 5.82 Å². The summed E-state index contributed by atoms with van der Waals surface area (Å²) in [5.41, 5.74) is 7.56. The van der Waals surface area contributed by atoms with Crippen LogP contribution in [0, 0.1) is 0 Å². The van der Waals surface area contributed by atoms with Gasteiger partial charge < -0.3 is 10.6 Å². The zero-order valence-electron chi connectivity index (χ0n) is 13.7. The van der Waals surface area contributed by atoms with Crippen molar-refractivity contribution in [2.75, 3.05) is 25.8 Å². The van der Waals surface area contributed by atoms with Gasteiger partial charge in [-0.3, -0.25) is 4.68 Å². The van der Waals surface area contributed by atoms with E-state index in [1.807, 2.05) is 23.1 Å². The summed E-state index contributed by atoms with van der Waals surface area (Å²) in [6.07, 6.45) is 7.11. The van der Waals surface area contributed by atoms with Crippen molar-refractivity contribution in [2.24, 2.45) is 0 Å². The third kappa shape index (κ3) is 2.61. The molecule has 2 aromatic rings. The molecule has 0 amide bonds. The molecule has 19 heavy (non-hydrogen) atoms. The minimum Gasteiger partial charge on any atom is -0.384 e. The highest BCUT2D eigenvalue weighted by molar-refractivity contribution is 5.61. The van der Waals surface area contributed by atoms with Crippen LogP contribution in [0.3, 0.4) is 0 Å². The van der Waals surface area contributed by atoms with E-state index in [0.29, 0.717) is 18.9 Å². The highest BCUT2D eigenvalue weighted by Gasteiger charge is 2.19. The van der Waals surface area contributed by atoms with Crippen molar-refractivity contribution >= 4 is 5.82 Å². The molecule has 2 N–H and O–H groups in total. The Bertz CT molecular complexity index is 627. The summed E-state index contributed by atoms with van der Waals surface area (Å²) >= 11 is 0. The van der Waals surface area contributed by atoms with Crippen molar-refractivity contribution in [3.8, 4) is 11.1 Å². The van der Waals surface area contributed by atoms with Crippen LogP contribution in [0.1, 0.15) is 23.0 Å². The average molecular weight is 260 g/mol. The fourth-order valence-corrected chi connectivity index (χ4v) is 2.39. The zero-order chi connectivity index (χ0) is 15.7. The molecular weight excluding hydrogens is 238 g/mol. The SMILES string of the molecule is [2H]C([2H])([2H])N1CCC(n2cc(-c3ccc(N)nc3)cn2)CC1. The van der Waals surface area contributed by atoms with E-state index < -0.39 is 6.98 Å². The van der Waals surface area contributed by atoms with Crippen LogP contribution in [-0.2, 0) is 0 Å². The van der Waals surface area contributed by atoms with Gasteiger partial charge >= 0.3 is 0 Å². The van der Waals surface area contributed by atoms with Gasteiger partial charge in [-0.05, 0) is 45.0 Å². The first-order chi connectivity index (χ1) is 10.4. The first kappa shape index (κ1) is 9.09. The van der Waals surface area contributed by atoms with Gasteiger partial charge in [-0.15, -0.1) is 0 Å². The summed E-state index contributed by atoms with van der Waals surface area (Å²) in [5, 5.41) is 4.42. The molecule has 0 unspecified atom stereocenters. The number of likely N-dealkylation sites (tertiary alicyclic amines) is 1. The summed E-state index contributed by atoms with van der Waals surface area (Å²) in [7, 11) is 0. The highest BCUT2D eigenvalue weighted by Crippen LogP contribution is 2.24. The molecule has 0 spiro atoms. The molecule has 0 aliphatic carbocycles. The lowest BCUT2D eigenvalue weighted by molar-refractivity contribution is 0.212. The van der Waals surface area contributed by atoms with E-state index >= 15 is 0 Å². The van der Waals surface area contributed by atoms with Crippen LogP contribution >= 0.6 is 0 Å². The fourth-order valence-electron chi connectivity index (χ4n) is 2.39. The molecule has 0 atom stereocenters. The van der Waals surface area contributed by atoms with Gasteiger partial charge in [-0.25, -0.2) is 4.98 Å². The number of nitrogen functional groups attached to an aromatic ring is 1. The number of anilines is 1. The van der Waals surface area contributed by atoms with Crippen molar-refractivity contribution in [2.45, 2.75) is 18.9 Å². The number of aromatic nitrogens is 3. The molecule has 0 saturated carbocycles. The molecule has 1 aliphatic heterocycles. The first-order valence-electron chi connectivity index (χ1n) is 7.94. The second-order valence-corrected chi connectivity index (χ2v) is 4.90. The maximum atomic E-state index is 7.45. The number of hydrogen-bond donors (Lipinski definition) is 1. The Kier molecular flexibility index (Phi) is 2.40. The molecule has 1 saturated heterocycles. The maximum Gasteiger partial charge on any atom is 0.123 e. The first-order valence-corrected chi connectivity index (χ1v) is 6.44. The Morgan fingerprint density at radius 2 is 2.11 bits per heavy atom. The summed E-state index contributed by atoms with van der Waals surface area (Å²) in [4.78, 5) is 5.64. The van der Waals surface area contributed by atoms with Crippen molar-refractivity contribution < 1.29 is 4.11 Å². The van der Waals surface area contributed by atoms with Crippen LogP contribution in [0.4, 0.5) is 5.82 Å². The standard InChI is InChI=1S/C14H19N5/c1-18-6-4-13(5-7-18)19-10-12(9-17-19)11-2-3-14(15)16-8-11/h2-3,8-10,13H,4-7H2,1H3,(H2,15,16)/i1D3. The second-order valence-electron chi connectivity index (χ2n) is 4.90. The van der Waals surface area contributed by atoms with E-state index in [1.54, 1.807) is 17.2 Å². The molecular formula is C14H19N5. The number of piperidine rings is 1. The van der Waals surface area contributed by atoms with E-state index in [4.69, 9.17) is 9.85 Å². The molecule has 5 nitrogen and oxygen atoms in total. The molecule has 5 heteroatoms. The fraction of sp³-hybridized carbons (Fsp3) is 0.429. The minimum absolute atomic E-state index is 0.245. The summed E-state index contributed by atoms with van der Waals surface area (Å²) in [6, 6.07) is 3.93. The Labute approximate surface area is 117 Å². The Morgan fingerprint density at radius 3 is 2.79 bits per heavy atom. The van der Waals surface area contributed by atoms with Crippen LogP contribution < -0.4 is 5.73 Å². The topological polar surface area (TPSA) is 60.0 Å². The normalized spacial score (nSPS) is 20.7. The summed E-state index contributed by atoms with van der Waals surface area (Å²) in [5.74, 6) is 0.494. The van der Waals surface area contributed by atoms with Gasteiger partial charge in [-0.1, -0.05) is 0 Å². The van der Waals surface area contributed by atoms with Crippen LogP contribution in [0.15, 0.2) is 30.7 Å². The maximum absolute atomic E-state index is 7.45. The number of nitrogens with two attached hydrogens (primary N) is 1. The Balaban J connectivity index is 1.69. The number of pyridine rings is 1. The lowest BCUT2D eigenvalue weighted by Crippen LogP contribution is -2.31. The molecule has 3 rings (SSSR count). The van der Waals surface area contributed by atoms with E-state index in [-0.39, 0.29) is 6.04 Å². The third-order valence-electron chi connectivity index (χ3n) is 3.56. The Hall–Kier alpha value is -1.88. The third-order valence-corrected chi connectivity index (χ3v) is 3.56. The quantitative estimate of drug-likeness (QED) is 0.894. The predicted octanol–water partition coefficient (Wildman–Crippen LogP) is 1.79. The summed E-state index contributed by atoms with van der Waals surface area (Å²) in [6.45, 7) is -0.852. The van der Waals surface area contributed by atoms with Crippen LogP contribution in [-0.4, -0.2) is 39.7 Å². The minimum atomic E-state index is -1.99. The van der Waals surface area contributed by atoms with Gasteiger partial charge in [0.15, 0.2) is 0 Å². The van der Waals surface area contributed by atoms with Crippen molar-refractivity contribution in [1.29, 1.82) is 0 Å². The van der Waals surface area contributed by atoms with Gasteiger partial charge in [0, 0.05) is 27.6 Å². The van der Waals surface area contributed by atoms with Crippen molar-refractivity contribution in [3.05, 3.63) is 30.7 Å². The number of nitrogens with zero attached hydrogens (tertiary/aromatic N) is 4. The van der Waals surface area contributed by atoms with Crippen molar-refractivity contribution in [3.63, 3.8) is 0 Å². The van der Waals surface area contributed by atoms with E-state index in [1.165, 1.54) is 0 Å². The van der Waals surface area contributed by atoms with E-state index in [2.05, 4.69) is 10.1 Å². The largest absolute Gasteiger partial charge is 0.384 e. The molecule has 100 valence electrons. The summed E-state index contributed by atoms with van der Waals surface area (Å²) < 4.78 is 24.3. The monoisotopic (exact) mass is 260 g/mol. The molecule has 3 heterocycles. The van der Waals surface area contributed by atoms with Crippen LogP contribution in [0.25, 0.3) is 11.1 Å². The molecule has 0 radical (unpaired) electrons. The van der Waals surface area contributed by atoms with E-state index in [9.17, 15) is 0 Å². The molecule has 1 fully saturated rings. The molecule has 1 aliphatic rings. The van der Waals surface area contributed by atoms with Crippen LogP contribution in [0.2, 0.25) is 0 Å². The molecule has 0 bridgehead atoms. The van der Waals surface area contributed by atoms with E-state index in [0.717, 1.165) is 24.0 Å². The smallest absolute Gasteiger partial charge is 0.123 e. The second kappa shape index (κ2) is 5.01.